The van der Waals surface area contributed by atoms with E-state index in [1.165, 1.54) is 6.92 Å². The van der Waals surface area contributed by atoms with Crippen molar-refractivity contribution in [3.63, 3.8) is 0 Å². The van der Waals surface area contributed by atoms with Crippen LogP contribution in [0.5, 0.6) is 0 Å². The number of aliphatic hydroxyl groups excluding tert-OH is 3. The molecule has 9 nitrogen and oxygen atoms in total. The molecule has 3 rings (SSSR count). The third-order valence-corrected chi connectivity index (χ3v) is 6.04. The number of likely N-dealkylation sites (tertiary alicyclic amines) is 1. The monoisotopic (exact) mass is 400 g/mol. The summed E-state index contributed by atoms with van der Waals surface area (Å²) in [4.78, 5) is 25.9. The van der Waals surface area contributed by atoms with Gasteiger partial charge in [-0.05, 0) is 38.5 Å². The average molecular weight is 400 g/mol. The van der Waals surface area contributed by atoms with E-state index in [2.05, 4.69) is 10.2 Å². The zero-order valence-electron chi connectivity index (χ0n) is 16.4. The molecule has 0 aromatic carbocycles. The van der Waals surface area contributed by atoms with Crippen molar-refractivity contribution in [2.24, 2.45) is 0 Å². The predicted molar refractivity (Wildman–Crippen MR) is 98.1 cm³/mol. The highest BCUT2D eigenvalue weighted by Crippen LogP contribution is 2.49. The number of hydrogen-bond acceptors (Lipinski definition) is 7. The third-order valence-electron chi connectivity index (χ3n) is 6.04. The van der Waals surface area contributed by atoms with Crippen molar-refractivity contribution >= 4 is 11.8 Å². The maximum absolute atomic E-state index is 12.4. The Labute approximate surface area is 165 Å². The summed E-state index contributed by atoms with van der Waals surface area (Å²) in [5.74, 6) is -0.181. The fourth-order valence-electron chi connectivity index (χ4n) is 4.32. The van der Waals surface area contributed by atoms with Crippen molar-refractivity contribution < 1.29 is 34.4 Å². The van der Waals surface area contributed by atoms with Crippen LogP contribution in [0.25, 0.3) is 0 Å². The van der Waals surface area contributed by atoms with Gasteiger partial charge in [-0.3, -0.25) is 9.59 Å². The number of nitrogens with one attached hydrogen (secondary N) is 1. The summed E-state index contributed by atoms with van der Waals surface area (Å²) in [6.07, 6.45) is 1.66. The minimum absolute atomic E-state index is 0.172. The second kappa shape index (κ2) is 9.04. The Hall–Kier alpha value is -1.26. The van der Waals surface area contributed by atoms with Crippen LogP contribution in [-0.2, 0) is 19.1 Å². The molecule has 0 bridgehead atoms. The molecule has 3 fully saturated rings. The Balaban J connectivity index is 1.42. The van der Waals surface area contributed by atoms with Gasteiger partial charge in [0.15, 0.2) is 6.29 Å². The molecule has 9 heteroatoms. The van der Waals surface area contributed by atoms with E-state index in [0.29, 0.717) is 19.3 Å². The van der Waals surface area contributed by atoms with Gasteiger partial charge in [-0.25, -0.2) is 0 Å². The van der Waals surface area contributed by atoms with Crippen molar-refractivity contribution in [3.05, 3.63) is 0 Å². The molecule has 1 spiro atoms. The Bertz CT molecular complexity index is 568. The van der Waals surface area contributed by atoms with Gasteiger partial charge >= 0.3 is 0 Å². The molecule has 160 valence electrons. The fourth-order valence-corrected chi connectivity index (χ4v) is 4.32. The molecule has 2 aliphatic heterocycles. The molecule has 2 saturated heterocycles. The molecular weight excluding hydrogens is 368 g/mol. The summed E-state index contributed by atoms with van der Waals surface area (Å²) in [6, 6.07) is -0.934. The van der Waals surface area contributed by atoms with E-state index in [0.717, 1.165) is 32.2 Å². The molecule has 2 amide bonds. The van der Waals surface area contributed by atoms with E-state index >= 15 is 0 Å². The van der Waals surface area contributed by atoms with Crippen molar-refractivity contribution in [2.75, 3.05) is 19.8 Å². The average Bonchev–Trinajstić information content (AvgIpc) is 3.30. The van der Waals surface area contributed by atoms with Gasteiger partial charge in [-0.15, -0.1) is 0 Å². The van der Waals surface area contributed by atoms with Crippen LogP contribution in [-0.4, -0.2) is 88.0 Å². The lowest BCUT2D eigenvalue weighted by Gasteiger charge is -2.42. The zero-order chi connectivity index (χ0) is 20.3. The SMILES string of the molecule is CC(=O)NC1C(OCCCCC(=O)N2CCCC23CC3)OC(CO)C(O)C1O. The van der Waals surface area contributed by atoms with Crippen LogP contribution in [0, 0.1) is 0 Å². The first-order valence-corrected chi connectivity index (χ1v) is 10.2. The van der Waals surface area contributed by atoms with Gasteiger partial charge in [-0.1, -0.05) is 0 Å². The van der Waals surface area contributed by atoms with Crippen molar-refractivity contribution in [1.82, 2.24) is 10.2 Å². The summed E-state index contributed by atoms with van der Waals surface area (Å²) in [6.45, 7) is 1.97. The Morgan fingerprint density at radius 2 is 1.96 bits per heavy atom. The Morgan fingerprint density at radius 1 is 1.21 bits per heavy atom. The number of carbonyl (C=O) groups is 2. The molecule has 1 saturated carbocycles. The maximum atomic E-state index is 12.4. The van der Waals surface area contributed by atoms with E-state index < -0.39 is 37.3 Å². The van der Waals surface area contributed by atoms with Gasteiger partial charge in [-0.2, -0.15) is 0 Å². The third kappa shape index (κ3) is 4.65. The number of rotatable bonds is 8. The minimum atomic E-state index is -1.32. The number of unbranched alkanes of at least 4 members (excludes halogenated alkanes) is 1. The normalized spacial score (nSPS) is 33.9. The first-order chi connectivity index (χ1) is 13.4. The van der Waals surface area contributed by atoms with Crippen LogP contribution in [0.3, 0.4) is 0 Å². The molecule has 0 aromatic rings. The first kappa shape index (κ1) is 21.4. The molecule has 4 N–H and O–H groups in total. The smallest absolute Gasteiger partial charge is 0.223 e. The second-order valence-electron chi connectivity index (χ2n) is 8.13. The van der Waals surface area contributed by atoms with Gasteiger partial charge in [0.2, 0.25) is 11.8 Å². The Kier molecular flexibility index (Phi) is 6.93. The van der Waals surface area contributed by atoms with E-state index in [1.54, 1.807) is 0 Å². The number of nitrogens with zero attached hydrogens (tertiary/aromatic N) is 1. The lowest BCUT2D eigenvalue weighted by atomic mass is 9.97. The van der Waals surface area contributed by atoms with E-state index in [-0.39, 0.29) is 24.0 Å². The van der Waals surface area contributed by atoms with Crippen LogP contribution in [0.2, 0.25) is 0 Å². The highest BCUT2D eigenvalue weighted by molar-refractivity contribution is 5.78. The van der Waals surface area contributed by atoms with Crippen molar-refractivity contribution in [3.8, 4) is 0 Å². The van der Waals surface area contributed by atoms with Gasteiger partial charge in [0.1, 0.15) is 24.4 Å². The maximum Gasteiger partial charge on any atom is 0.223 e. The summed E-state index contributed by atoms with van der Waals surface area (Å²) in [5, 5.41) is 32.0. The van der Waals surface area contributed by atoms with Crippen LogP contribution < -0.4 is 5.32 Å². The molecule has 0 radical (unpaired) electrons. The molecular formula is C19H32N2O7. The first-order valence-electron chi connectivity index (χ1n) is 10.2. The number of carbonyl (C=O) groups excluding carboxylic acids is 2. The molecule has 0 aromatic heterocycles. The molecule has 5 atom stereocenters. The van der Waals surface area contributed by atoms with Gasteiger partial charge in [0, 0.05) is 32.0 Å². The van der Waals surface area contributed by atoms with Gasteiger partial charge < -0.3 is 35.0 Å². The van der Waals surface area contributed by atoms with Crippen LogP contribution >= 0.6 is 0 Å². The number of aliphatic hydroxyl groups is 3. The van der Waals surface area contributed by atoms with Crippen molar-refractivity contribution in [2.45, 2.75) is 88.1 Å². The number of hydrogen-bond donors (Lipinski definition) is 4. The van der Waals surface area contributed by atoms with E-state index in [4.69, 9.17) is 9.47 Å². The highest BCUT2D eigenvalue weighted by atomic mass is 16.7. The highest BCUT2D eigenvalue weighted by Gasteiger charge is 2.52. The number of ether oxygens (including phenoxy) is 2. The summed E-state index contributed by atoms with van der Waals surface area (Å²) in [5.41, 5.74) is 0.172. The molecule has 28 heavy (non-hydrogen) atoms. The number of amides is 2. The lowest BCUT2D eigenvalue weighted by Crippen LogP contribution is -2.64. The quantitative estimate of drug-likeness (QED) is 0.396. The summed E-state index contributed by atoms with van der Waals surface area (Å²) < 4.78 is 11.2. The van der Waals surface area contributed by atoms with E-state index in [9.17, 15) is 24.9 Å². The second-order valence-corrected chi connectivity index (χ2v) is 8.13. The molecule has 3 aliphatic rings. The van der Waals surface area contributed by atoms with Crippen LogP contribution in [0.15, 0.2) is 0 Å². The Morgan fingerprint density at radius 3 is 2.61 bits per heavy atom. The van der Waals surface area contributed by atoms with E-state index in [1.807, 2.05) is 0 Å². The van der Waals surface area contributed by atoms with Crippen molar-refractivity contribution in [1.29, 1.82) is 0 Å². The predicted octanol–water partition coefficient (Wildman–Crippen LogP) is -0.728. The summed E-state index contributed by atoms with van der Waals surface area (Å²) >= 11 is 0. The fraction of sp³-hybridized carbons (Fsp3) is 0.895. The van der Waals surface area contributed by atoms with Crippen LogP contribution in [0.4, 0.5) is 0 Å². The molecule has 1 aliphatic carbocycles. The zero-order valence-corrected chi connectivity index (χ0v) is 16.4. The largest absolute Gasteiger partial charge is 0.394 e. The van der Waals surface area contributed by atoms with Gasteiger partial charge in [0.25, 0.3) is 0 Å². The van der Waals surface area contributed by atoms with Gasteiger partial charge in [0.05, 0.1) is 6.61 Å². The van der Waals surface area contributed by atoms with Crippen LogP contribution in [0.1, 0.15) is 51.9 Å². The minimum Gasteiger partial charge on any atom is -0.394 e. The molecule has 2 heterocycles. The topological polar surface area (TPSA) is 129 Å². The molecule has 5 unspecified atom stereocenters. The lowest BCUT2D eigenvalue weighted by molar-refractivity contribution is -0.270. The summed E-state index contributed by atoms with van der Waals surface area (Å²) in [7, 11) is 0. The standard InChI is InChI=1S/C19H32N2O7/c1-12(23)20-15-17(26)16(25)13(11-22)28-18(15)27-10-3-2-5-14(24)21-9-4-6-19(21)7-8-19/h13,15-18,22,25-26H,2-11H2,1H3,(H,20,23).